The van der Waals surface area contributed by atoms with Crippen LogP contribution in [0, 0.1) is 5.92 Å². The molecule has 0 spiro atoms. The predicted octanol–water partition coefficient (Wildman–Crippen LogP) is 4.06. The number of hydrogen-bond donors (Lipinski definition) is 2. The Hall–Kier alpha value is -4.35. The Morgan fingerprint density at radius 3 is 2.74 bits per heavy atom. The number of carbonyl (C=O) groups is 1. The Bertz CT molecular complexity index is 1590. The molecule has 0 radical (unpaired) electrons. The molecule has 3 N–H and O–H groups in total. The number of aromatic nitrogens is 4. The normalized spacial score (nSPS) is 13.4. The Morgan fingerprint density at radius 1 is 1.21 bits per heavy atom. The van der Waals surface area contributed by atoms with Crippen LogP contribution in [-0.2, 0) is 24.2 Å². The third kappa shape index (κ3) is 4.93. The maximum atomic E-state index is 13.1. The van der Waals surface area contributed by atoms with Gasteiger partial charge >= 0.3 is 6.36 Å². The average Bonchev–Trinajstić information content (AvgIpc) is 3.42. The molecule has 1 aliphatic rings. The van der Waals surface area contributed by atoms with Gasteiger partial charge in [0.2, 0.25) is 5.91 Å². The summed E-state index contributed by atoms with van der Waals surface area (Å²) in [6, 6.07) is 10.9. The maximum absolute atomic E-state index is 13.1. The lowest BCUT2D eigenvalue weighted by atomic mass is 10.0. The van der Waals surface area contributed by atoms with Crippen molar-refractivity contribution in [2.75, 3.05) is 17.2 Å². The summed E-state index contributed by atoms with van der Waals surface area (Å²) >= 11 is 0. The van der Waals surface area contributed by atoms with Crippen molar-refractivity contribution in [3.63, 3.8) is 0 Å². The molecule has 0 aliphatic carbocycles. The Morgan fingerprint density at radius 2 is 2.00 bits per heavy atom. The molecule has 4 aromatic rings. The van der Waals surface area contributed by atoms with Crippen LogP contribution in [-0.4, -0.2) is 38.8 Å². The molecule has 0 atom stereocenters. The van der Waals surface area contributed by atoms with Gasteiger partial charge in [-0.25, -0.2) is 5.10 Å². The van der Waals surface area contributed by atoms with E-state index in [2.05, 4.69) is 14.9 Å². The number of anilines is 2. The average molecular weight is 527 g/mol. The standard InChI is InChI=1S/C26H25F3N6O3/c1-14(2)13-35-23-21(24(30)31-32-25(23)37)22(33-35)17-6-7-19-16(12-17)8-9-34(19)20(36)11-15-4-3-5-18(10-15)38-26(27,28)29/h3-7,10,12,14H,8-9,11,13H2,1-2H3,(H2,30,31)(H,32,37). The molecule has 0 unspecified atom stereocenters. The third-order valence-electron chi connectivity index (χ3n) is 6.28. The maximum Gasteiger partial charge on any atom is 0.573 e. The van der Waals surface area contributed by atoms with Gasteiger partial charge in [0.1, 0.15) is 17.0 Å². The van der Waals surface area contributed by atoms with Crippen LogP contribution in [0.1, 0.15) is 25.0 Å². The molecule has 9 nitrogen and oxygen atoms in total. The molecule has 0 fully saturated rings. The van der Waals surface area contributed by atoms with Crippen molar-refractivity contribution in [1.29, 1.82) is 0 Å². The van der Waals surface area contributed by atoms with Crippen LogP contribution >= 0.6 is 0 Å². The fourth-order valence-electron chi connectivity index (χ4n) is 4.77. The van der Waals surface area contributed by atoms with Crippen molar-refractivity contribution in [2.24, 2.45) is 5.92 Å². The van der Waals surface area contributed by atoms with Gasteiger partial charge in [0.15, 0.2) is 5.82 Å². The van der Waals surface area contributed by atoms with Crippen LogP contribution in [0.5, 0.6) is 5.75 Å². The number of amides is 1. The quantitative estimate of drug-likeness (QED) is 0.391. The van der Waals surface area contributed by atoms with Gasteiger partial charge in [-0.1, -0.05) is 32.0 Å². The van der Waals surface area contributed by atoms with Gasteiger partial charge in [0, 0.05) is 24.3 Å². The van der Waals surface area contributed by atoms with Crippen molar-refractivity contribution < 1.29 is 22.7 Å². The Kier molecular flexibility index (Phi) is 6.33. The highest BCUT2D eigenvalue weighted by Gasteiger charge is 2.31. The van der Waals surface area contributed by atoms with E-state index < -0.39 is 6.36 Å². The van der Waals surface area contributed by atoms with E-state index in [9.17, 15) is 22.8 Å². The van der Waals surface area contributed by atoms with Crippen molar-refractivity contribution in [3.05, 3.63) is 63.9 Å². The van der Waals surface area contributed by atoms with E-state index in [4.69, 9.17) is 10.8 Å². The van der Waals surface area contributed by atoms with Gasteiger partial charge in [-0.15, -0.1) is 13.2 Å². The van der Waals surface area contributed by atoms with Gasteiger partial charge in [0.25, 0.3) is 5.56 Å². The number of rotatable bonds is 6. The summed E-state index contributed by atoms with van der Waals surface area (Å²) in [5.74, 6) is -0.211. The molecule has 2 aromatic carbocycles. The van der Waals surface area contributed by atoms with Crippen LogP contribution in [0.2, 0.25) is 0 Å². The molecule has 1 aliphatic heterocycles. The summed E-state index contributed by atoms with van der Waals surface area (Å²) in [5, 5.41) is 11.5. The third-order valence-corrected chi connectivity index (χ3v) is 6.28. The number of fused-ring (bicyclic) bond motifs is 2. The fraction of sp³-hybridized carbons (Fsp3) is 0.308. The molecule has 38 heavy (non-hydrogen) atoms. The number of nitrogens with zero attached hydrogens (tertiary/aromatic N) is 4. The number of nitrogens with two attached hydrogens (primary N) is 1. The minimum Gasteiger partial charge on any atom is -0.406 e. The lowest BCUT2D eigenvalue weighted by Crippen LogP contribution is -2.30. The van der Waals surface area contributed by atoms with Gasteiger partial charge in [0.05, 0.1) is 11.8 Å². The minimum atomic E-state index is -4.81. The fourth-order valence-corrected chi connectivity index (χ4v) is 4.77. The number of carbonyl (C=O) groups excluding carboxylic acids is 1. The summed E-state index contributed by atoms with van der Waals surface area (Å²) < 4.78 is 43.3. The molecule has 198 valence electrons. The molecule has 3 heterocycles. The highest BCUT2D eigenvalue weighted by molar-refractivity contribution is 6.01. The summed E-state index contributed by atoms with van der Waals surface area (Å²) in [4.78, 5) is 27.3. The topological polar surface area (TPSA) is 119 Å². The van der Waals surface area contributed by atoms with Crippen molar-refractivity contribution >= 4 is 28.3 Å². The lowest BCUT2D eigenvalue weighted by molar-refractivity contribution is -0.274. The number of alkyl halides is 3. The van der Waals surface area contributed by atoms with Gasteiger partial charge < -0.3 is 15.4 Å². The highest BCUT2D eigenvalue weighted by Crippen LogP contribution is 2.36. The van der Waals surface area contributed by atoms with Gasteiger partial charge in [-0.2, -0.15) is 10.2 Å². The van der Waals surface area contributed by atoms with Crippen LogP contribution in [0.15, 0.2) is 47.3 Å². The van der Waals surface area contributed by atoms with Gasteiger partial charge in [-0.05, 0) is 47.7 Å². The van der Waals surface area contributed by atoms with Crippen molar-refractivity contribution in [2.45, 2.75) is 39.6 Å². The molecular weight excluding hydrogens is 501 g/mol. The zero-order chi connectivity index (χ0) is 27.2. The first kappa shape index (κ1) is 25.3. The zero-order valence-corrected chi connectivity index (χ0v) is 20.7. The highest BCUT2D eigenvalue weighted by atomic mass is 19.4. The summed E-state index contributed by atoms with van der Waals surface area (Å²) in [6.07, 6.45) is -4.30. The Labute approximate surface area is 215 Å². The first-order valence-electron chi connectivity index (χ1n) is 12.0. The summed E-state index contributed by atoms with van der Waals surface area (Å²) in [5.41, 5.74) is 9.43. The molecule has 0 saturated heterocycles. The first-order valence-corrected chi connectivity index (χ1v) is 12.0. The zero-order valence-electron chi connectivity index (χ0n) is 20.7. The number of nitrogen functional groups attached to an aromatic ring is 1. The monoisotopic (exact) mass is 526 g/mol. The number of H-pyrrole nitrogens is 1. The second kappa shape index (κ2) is 9.51. The summed E-state index contributed by atoms with van der Waals surface area (Å²) in [6.45, 7) is 4.99. The smallest absolute Gasteiger partial charge is 0.406 e. The minimum absolute atomic E-state index is 0.0779. The van der Waals surface area contributed by atoms with E-state index in [-0.39, 0.29) is 35.4 Å². The van der Waals surface area contributed by atoms with Crippen molar-refractivity contribution in [1.82, 2.24) is 20.0 Å². The van der Waals surface area contributed by atoms with Crippen LogP contribution in [0.4, 0.5) is 24.7 Å². The van der Waals surface area contributed by atoms with Gasteiger partial charge in [-0.3, -0.25) is 14.3 Å². The number of benzene rings is 2. The van der Waals surface area contributed by atoms with Crippen molar-refractivity contribution in [3.8, 4) is 17.0 Å². The largest absolute Gasteiger partial charge is 0.573 e. The van der Waals surface area contributed by atoms with Crippen LogP contribution in [0.3, 0.4) is 0 Å². The summed E-state index contributed by atoms with van der Waals surface area (Å²) in [7, 11) is 0. The second-order valence-corrected chi connectivity index (χ2v) is 9.60. The first-order chi connectivity index (χ1) is 18.0. The molecule has 1 amide bonds. The SMILES string of the molecule is CC(C)Cn1nc(-c2ccc3c(c2)CCN3C(=O)Cc2cccc(OC(F)(F)F)c2)c2c(N)n[nH]c(=O)c21. The predicted molar refractivity (Wildman–Crippen MR) is 136 cm³/mol. The molecule has 0 bridgehead atoms. The van der Waals surface area contributed by atoms with E-state index in [1.165, 1.54) is 18.2 Å². The van der Waals surface area contributed by atoms with Crippen LogP contribution in [0.25, 0.3) is 22.2 Å². The number of nitrogens with one attached hydrogen (secondary N) is 1. The Balaban J connectivity index is 1.43. The number of ether oxygens (including phenoxy) is 1. The number of aromatic amines is 1. The number of hydrogen-bond acceptors (Lipinski definition) is 6. The molecule has 5 rings (SSSR count). The van der Waals surface area contributed by atoms with E-state index >= 15 is 0 Å². The molecule has 12 heteroatoms. The van der Waals surface area contributed by atoms with E-state index in [1.54, 1.807) is 15.6 Å². The number of halogens is 3. The van der Waals surface area contributed by atoms with E-state index in [1.807, 2.05) is 32.0 Å². The lowest BCUT2D eigenvalue weighted by Gasteiger charge is -2.18. The van der Waals surface area contributed by atoms with E-state index in [0.717, 1.165) is 16.8 Å². The second-order valence-electron chi connectivity index (χ2n) is 9.60. The molecule has 0 saturated carbocycles. The van der Waals surface area contributed by atoms with E-state index in [0.29, 0.717) is 41.7 Å². The van der Waals surface area contributed by atoms with Crippen LogP contribution < -0.4 is 20.9 Å². The molecule has 2 aromatic heterocycles. The molecular formula is C26H25F3N6O3.